The smallest absolute Gasteiger partial charge is 0.254 e. The molecule has 0 bridgehead atoms. The first-order chi connectivity index (χ1) is 7.72. The molecule has 0 spiro atoms. The van der Waals surface area contributed by atoms with Crippen LogP contribution in [-0.4, -0.2) is 38.1 Å². The Morgan fingerprint density at radius 3 is 3.06 bits per heavy atom. The highest BCUT2D eigenvalue weighted by molar-refractivity contribution is 5.98. The Balaban J connectivity index is 2.11. The fraction of sp³-hybridized carbons (Fsp3) is 0.417. The highest BCUT2D eigenvalue weighted by atomic mass is 16.5. The van der Waals surface area contributed by atoms with Gasteiger partial charge in [-0.05, 0) is 24.7 Å². The van der Waals surface area contributed by atoms with E-state index in [2.05, 4.69) is 5.32 Å². The van der Waals surface area contributed by atoms with Crippen LogP contribution in [0.2, 0.25) is 0 Å². The highest BCUT2D eigenvalue weighted by Crippen LogP contribution is 2.25. The molecule has 0 saturated carbocycles. The molecule has 0 fully saturated rings. The van der Waals surface area contributed by atoms with E-state index in [9.17, 15) is 4.79 Å². The second-order valence-corrected chi connectivity index (χ2v) is 3.93. The summed E-state index contributed by atoms with van der Waals surface area (Å²) >= 11 is 0. The second-order valence-electron chi connectivity index (χ2n) is 3.93. The van der Waals surface area contributed by atoms with Gasteiger partial charge in [-0.2, -0.15) is 0 Å². The zero-order chi connectivity index (χ0) is 11.5. The van der Waals surface area contributed by atoms with Gasteiger partial charge in [-0.15, -0.1) is 0 Å². The van der Waals surface area contributed by atoms with Gasteiger partial charge in [0.05, 0.1) is 0 Å². The molecule has 0 unspecified atom stereocenters. The number of nitrogens with one attached hydrogen (secondary N) is 1. The Bertz CT molecular complexity index is 404. The summed E-state index contributed by atoms with van der Waals surface area (Å²) in [7, 11) is 3.69. The van der Waals surface area contributed by atoms with E-state index in [0.29, 0.717) is 13.2 Å². The van der Waals surface area contributed by atoms with Gasteiger partial charge in [-0.3, -0.25) is 4.79 Å². The fourth-order valence-electron chi connectivity index (χ4n) is 1.79. The van der Waals surface area contributed by atoms with Crippen molar-refractivity contribution in [3.05, 3.63) is 29.3 Å². The predicted molar refractivity (Wildman–Crippen MR) is 61.7 cm³/mol. The summed E-state index contributed by atoms with van der Waals surface area (Å²) in [5.41, 5.74) is 1.85. The molecule has 1 N–H and O–H groups in total. The molecule has 1 amide bonds. The number of rotatable bonds is 4. The largest absolute Gasteiger partial charge is 0.492 e. The maximum Gasteiger partial charge on any atom is 0.254 e. The maximum absolute atomic E-state index is 11.7. The number of ether oxygens (including phenoxy) is 1. The first-order valence-corrected chi connectivity index (χ1v) is 5.38. The first-order valence-electron chi connectivity index (χ1n) is 5.38. The van der Waals surface area contributed by atoms with Crippen LogP contribution in [0.4, 0.5) is 0 Å². The molecule has 1 aromatic rings. The molecule has 1 aliphatic rings. The summed E-state index contributed by atoms with van der Waals surface area (Å²) in [6.45, 7) is 2.11. The van der Waals surface area contributed by atoms with Crippen molar-refractivity contribution in [1.82, 2.24) is 10.2 Å². The lowest BCUT2D eigenvalue weighted by molar-refractivity contribution is 0.0816. The summed E-state index contributed by atoms with van der Waals surface area (Å²) in [5, 5.41) is 3.01. The third-order valence-electron chi connectivity index (χ3n) is 2.69. The van der Waals surface area contributed by atoms with Crippen LogP contribution in [-0.2, 0) is 6.54 Å². The van der Waals surface area contributed by atoms with Crippen LogP contribution < -0.4 is 10.1 Å². The molecule has 1 heterocycles. The Labute approximate surface area is 95.2 Å². The summed E-state index contributed by atoms with van der Waals surface area (Å²) < 4.78 is 5.52. The summed E-state index contributed by atoms with van der Waals surface area (Å²) in [6, 6.07) is 5.71. The first kappa shape index (κ1) is 11.0. The molecule has 86 valence electrons. The minimum Gasteiger partial charge on any atom is -0.492 e. The molecule has 0 aliphatic carbocycles. The van der Waals surface area contributed by atoms with Crippen molar-refractivity contribution in [2.45, 2.75) is 6.54 Å². The van der Waals surface area contributed by atoms with E-state index in [1.165, 1.54) is 0 Å². The number of fused-ring (bicyclic) bond motifs is 1. The SMILES string of the molecule is CNCCOc1ccc2c(c1)C(=O)N(C)C2. The maximum atomic E-state index is 11.7. The molecule has 1 aromatic carbocycles. The van der Waals surface area contributed by atoms with Crippen molar-refractivity contribution in [1.29, 1.82) is 0 Å². The van der Waals surface area contributed by atoms with Gasteiger partial charge in [0.15, 0.2) is 0 Å². The average Bonchev–Trinajstić information content (AvgIpc) is 2.56. The van der Waals surface area contributed by atoms with Crippen molar-refractivity contribution in [3.63, 3.8) is 0 Å². The number of carbonyl (C=O) groups excluding carboxylic acids is 1. The van der Waals surface area contributed by atoms with E-state index in [1.807, 2.05) is 32.3 Å². The van der Waals surface area contributed by atoms with E-state index < -0.39 is 0 Å². The second kappa shape index (κ2) is 4.53. The third kappa shape index (κ3) is 2.02. The summed E-state index contributed by atoms with van der Waals surface area (Å²) in [4.78, 5) is 13.4. The lowest BCUT2D eigenvalue weighted by Gasteiger charge is -2.06. The monoisotopic (exact) mass is 220 g/mol. The Morgan fingerprint density at radius 2 is 2.31 bits per heavy atom. The van der Waals surface area contributed by atoms with Crippen LogP contribution in [0.25, 0.3) is 0 Å². The number of nitrogens with zero attached hydrogens (tertiary/aromatic N) is 1. The van der Waals surface area contributed by atoms with Gasteiger partial charge < -0.3 is 15.0 Å². The van der Waals surface area contributed by atoms with Crippen molar-refractivity contribution in [2.75, 3.05) is 27.2 Å². The lowest BCUT2D eigenvalue weighted by atomic mass is 10.1. The van der Waals surface area contributed by atoms with Crippen LogP contribution in [0, 0.1) is 0 Å². The molecule has 0 radical (unpaired) electrons. The summed E-state index contributed by atoms with van der Waals surface area (Å²) in [5.74, 6) is 0.840. The third-order valence-corrected chi connectivity index (χ3v) is 2.69. The van der Waals surface area contributed by atoms with Gasteiger partial charge >= 0.3 is 0 Å². The molecule has 0 atom stereocenters. The van der Waals surface area contributed by atoms with Crippen molar-refractivity contribution < 1.29 is 9.53 Å². The predicted octanol–water partition coefficient (Wildman–Crippen LogP) is 0.870. The van der Waals surface area contributed by atoms with Gasteiger partial charge in [0.25, 0.3) is 5.91 Å². The number of carbonyl (C=O) groups is 1. The normalized spacial score (nSPS) is 14.1. The molecule has 2 rings (SSSR count). The van der Waals surface area contributed by atoms with Crippen LogP contribution >= 0.6 is 0 Å². The van der Waals surface area contributed by atoms with Gasteiger partial charge in [0.2, 0.25) is 0 Å². The van der Waals surface area contributed by atoms with E-state index in [-0.39, 0.29) is 5.91 Å². The molecule has 4 nitrogen and oxygen atoms in total. The zero-order valence-electron chi connectivity index (χ0n) is 9.62. The van der Waals surface area contributed by atoms with E-state index in [1.54, 1.807) is 4.90 Å². The molecule has 0 saturated heterocycles. The van der Waals surface area contributed by atoms with Crippen LogP contribution in [0.3, 0.4) is 0 Å². The van der Waals surface area contributed by atoms with Crippen molar-refractivity contribution in [3.8, 4) is 5.75 Å². The van der Waals surface area contributed by atoms with Gasteiger partial charge in [0, 0.05) is 25.7 Å². The Hall–Kier alpha value is -1.55. The zero-order valence-corrected chi connectivity index (χ0v) is 9.62. The van der Waals surface area contributed by atoms with Crippen LogP contribution in [0.1, 0.15) is 15.9 Å². The number of benzene rings is 1. The van der Waals surface area contributed by atoms with E-state index in [4.69, 9.17) is 4.74 Å². The number of amides is 1. The number of likely N-dealkylation sites (N-methyl/N-ethyl adjacent to an activating group) is 1. The quantitative estimate of drug-likeness (QED) is 0.766. The molecular weight excluding hydrogens is 204 g/mol. The van der Waals surface area contributed by atoms with Crippen molar-refractivity contribution in [2.24, 2.45) is 0 Å². The highest BCUT2D eigenvalue weighted by Gasteiger charge is 2.24. The van der Waals surface area contributed by atoms with Gasteiger partial charge in [-0.1, -0.05) is 6.07 Å². The average molecular weight is 220 g/mol. The van der Waals surface area contributed by atoms with Gasteiger partial charge in [-0.25, -0.2) is 0 Å². The minimum atomic E-state index is 0.0778. The number of hydrogen-bond donors (Lipinski definition) is 1. The van der Waals surface area contributed by atoms with E-state index in [0.717, 1.165) is 23.4 Å². The lowest BCUT2D eigenvalue weighted by Crippen LogP contribution is -2.17. The minimum absolute atomic E-state index is 0.0778. The molecule has 0 aromatic heterocycles. The topological polar surface area (TPSA) is 41.6 Å². The molecule has 16 heavy (non-hydrogen) atoms. The van der Waals surface area contributed by atoms with Crippen LogP contribution in [0.5, 0.6) is 5.75 Å². The Kier molecular flexibility index (Phi) is 3.10. The standard InChI is InChI=1S/C12H16N2O2/c1-13-5-6-16-10-4-3-9-8-14(2)12(15)11(9)7-10/h3-4,7,13H,5-6,8H2,1-2H3. The Morgan fingerprint density at radius 1 is 1.50 bits per heavy atom. The number of hydrogen-bond acceptors (Lipinski definition) is 3. The molecule has 1 aliphatic heterocycles. The van der Waals surface area contributed by atoms with Crippen molar-refractivity contribution >= 4 is 5.91 Å². The summed E-state index contributed by atoms with van der Waals surface area (Å²) in [6.07, 6.45) is 0. The van der Waals surface area contributed by atoms with Gasteiger partial charge in [0.1, 0.15) is 12.4 Å². The molecule has 4 heteroatoms. The fourth-order valence-corrected chi connectivity index (χ4v) is 1.79. The van der Waals surface area contributed by atoms with E-state index >= 15 is 0 Å². The van der Waals surface area contributed by atoms with Crippen LogP contribution in [0.15, 0.2) is 18.2 Å². The molecular formula is C12H16N2O2.